The second-order valence-electron chi connectivity index (χ2n) is 7.67. The van der Waals surface area contributed by atoms with Gasteiger partial charge in [0.05, 0.1) is 24.1 Å². The van der Waals surface area contributed by atoms with Crippen LogP contribution in [0.4, 0.5) is 0 Å². The number of ether oxygens (including phenoxy) is 1. The number of nitrogens with zero attached hydrogens (tertiary/aromatic N) is 2. The molecule has 0 bridgehead atoms. The second-order valence-corrected chi connectivity index (χ2v) is 8.11. The Hall–Kier alpha value is -3.03. The number of hydrogen-bond acceptors (Lipinski definition) is 6. The lowest BCUT2D eigenvalue weighted by Crippen LogP contribution is -2.37. The fourth-order valence-electron chi connectivity index (χ4n) is 4.22. The van der Waals surface area contributed by atoms with Crippen molar-refractivity contribution < 1.29 is 19.1 Å². The van der Waals surface area contributed by atoms with Crippen LogP contribution in [0.1, 0.15) is 41.6 Å². The minimum atomic E-state index is -0.665. The van der Waals surface area contributed by atoms with Gasteiger partial charge in [-0.25, -0.2) is 0 Å². The standard InChI is InChI=1S/C24H25ClN2O5/c1-4-26(5-2)10-11-27-21(14-6-8-17(28)19(12-14)31-3)20-22(29)16-13-15(25)7-9-18(16)32-23(20)24(27)30/h6-9,12-13,21,28H,4-5,10-11H2,1-3H3. The van der Waals surface area contributed by atoms with Crippen molar-refractivity contribution in [1.82, 2.24) is 9.80 Å². The molecule has 1 unspecified atom stereocenters. The Labute approximate surface area is 190 Å². The third-order valence-electron chi connectivity index (χ3n) is 6.00. The fourth-order valence-corrected chi connectivity index (χ4v) is 4.40. The van der Waals surface area contributed by atoms with E-state index < -0.39 is 6.04 Å². The summed E-state index contributed by atoms with van der Waals surface area (Å²) in [6.07, 6.45) is 0. The number of fused-ring (bicyclic) bond motifs is 2. The number of halogens is 1. The summed E-state index contributed by atoms with van der Waals surface area (Å²) in [6.45, 7) is 6.89. The predicted molar refractivity (Wildman–Crippen MR) is 123 cm³/mol. The summed E-state index contributed by atoms with van der Waals surface area (Å²) in [5.74, 6) is -0.0484. The van der Waals surface area contributed by atoms with Crippen LogP contribution >= 0.6 is 11.6 Å². The lowest BCUT2D eigenvalue weighted by atomic mass is 9.98. The van der Waals surface area contributed by atoms with Crippen LogP contribution in [-0.4, -0.2) is 54.1 Å². The topological polar surface area (TPSA) is 83.2 Å². The molecule has 3 aromatic rings. The van der Waals surface area contributed by atoms with Crippen LogP contribution in [0.5, 0.6) is 11.5 Å². The predicted octanol–water partition coefficient (Wildman–Crippen LogP) is 4.05. The van der Waals surface area contributed by atoms with Crippen LogP contribution in [-0.2, 0) is 0 Å². The molecule has 8 heteroatoms. The maximum Gasteiger partial charge on any atom is 0.290 e. The minimum Gasteiger partial charge on any atom is -0.504 e. The molecule has 1 aromatic heterocycles. The van der Waals surface area contributed by atoms with Gasteiger partial charge in [0.15, 0.2) is 16.9 Å². The van der Waals surface area contributed by atoms with Crippen molar-refractivity contribution in [3.05, 3.63) is 68.5 Å². The van der Waals surface area contributed by atoms with Crippen LogP contribution in [0.2, 0.25) is 5.02 Å². The molecule has 0 saturated heterocycles. The average molecular weight is 457 g/mol. The first-order valence-electron chi connectivity index (χ1n) is 10.6. The molecule has 1 aliphatic rings. The van der Waals surface area contributed by atoms with Gasteiger partial charge in [-0.15, -0.1) is 0 Å². The number of likely N-dealkylation sites (N-methyl/N-ethyl adjacent to an activating group) is 1. The van der Waals surface area contributed by atoms with E-state index in [4.69, 9.17) is 20.8 Å². The van der Waals surface area contributed by atoms with Crippen molar-refractivity contribution in [3.8, 4) is 11.5 Å². The molecule has 2 heterocycles. The van der Waals surface area contributed by atoms with E-state index in [1.54, 1.807) is 35.2 Å². The number of hydrogen-bond donors (Lipinski definition) is 1. The molecule has 0 radical (unpaired) electrons. The monoisotopic (exact) mass is 456 g/mol. The summed E-state index contributed by atoms with van der Waals surface area (Å²) in [7, 11) is 1.45. The van der Waals surface area contributed by atoms with Crippen molar-refractivity contribution in [2.75, 3.05) is 33.3 Å². The number of carbonyl (C=O) groups excluding carboxylic acids is 1. The zero-order chi connectivity index (χ0) is 23.0. The average Bonchev–Trinajstić information content (AvgIpc) is 3.07. The van der Waals surface area contributed by atoms with E-state index in [2.05, 4.69) is 18.7 Å². The molecule has 1 aliphatic heterocycles. The highest BCUT2D eigenvalue weighted by atomic mass is 35.5. The maximum absolute atomic E-state index is 13.5. The van der Waals surface area contributed by atoms with Gasteiger partial charge in [-0.2, -0.15) is 0 Å². The van der Waals surface area contributed by atoms with Gasteiger partial charge in [0, 0.05) is 18.1 Å². The Bertz CT molecular complexity index is 1240. The first-order chi connectivity index (χ1) is 15.4. The van der Waals surface area contributed by atoms with Crippen LogP contribution in [0.3, 0.4) is 0 Å². The molecule has 0 aliphatic carbocycles. The first kappa shape index (κ1) is 22.2. The summed E-state index contributed by atoms with van der Waals surface area (Å²) in [5, 5.41) is 10.8. The lowest BCUT2D eigenvalue weighted by molar-refractivity contribution is 0.0708. The SMILES string of the molecule is CCN(CC)CCN1C(=O)c2oc3ccc(Cl)cc3c(=O)c2C1c1ccc(O)c(OC)c1. The van der Waals surface area contributed by atoms with E-state index in [-0.39, 0.29) is 34.2 Å². The molecule has 0 fully saturated rings. The Morgan fingerprint density at radius 1 is 1.16 bits per heavy atom. The number of aromatic hydroxyl groups is 1. The first-order valence-corrected chi connectivity index (χ1v) is 10.9. The quantitative estimate of drug-likeness (QED) is 0.577. The summed E-state index contributed by atoms with van der Waals surface area (Å²) < 4.78 is 11.2. The van der Waals surface area contributed by atoms with E-state index in [1.807, 2.05) is 0 Å². The molecule has 4 rings (SSSR count). The fraction of sp³-hybridized carbons (Fsp3) is 0.333. The minimum absolute atomic E-state index is 0.0205. The number of carbonyl (C=O) groups is 1. The Morgan fingerprint density at radius 3 is 2.59 bits per heavy atom. The summed E-state index contributed by atoms with van der Waals surface area (Å²) >= 11 is 6.12. The Kier molecular flexibility index (Phi) is 6.13. The third kappa shape index (κ3) is 3.72. The molecule has 0 spiro atoms. The number of phenolic OH excluding ortho intramolecular Hbond substituents is 1. The molecule has 7 nitrogen and oxygen atoms in total. The number of amides is 1. The molecule has 1 amide bonds. The molecule has 1 N–H and O–H groups in total. The zero-order valence-electron chi connectivity index (χ0n) is 18.2. The highest BCUT2D eigenvalue weighted by Gasteiger charge is 2.42. The zero-order valence-corrected chi connectivity index (χ0v) is 19.0. The molecule has 0 saturated carbocycles. The molecular weight excluding hydrogens is 432 g/mol. The van der Waals surface area contributed by atoms with Gasteiger partial charge in [0.25, 0.3) is 5.91 Å². The third-order valence-corrected chi connectivity index (χ3v) is 6.23. The summed E-state index contributed by atoms with van der Waals surface area (Å²) in [6, 6.07) is 8.95. The Morgan fingerprint density at radius 2 is 1.91 bits per heavy atom. The number of phenols is 1. The van der Waals surface area contributed by atoms with Crippen molar-refractivity contribution >= 4 is 28.5 Å². The van der Waals surface area contributed by atoms with Crippen LogP contribution in [0, 0.1) is 0 Å². The van der Waals surface area contributed by atoms with E-state index in [0.717, 1.165) is 13.1 Å². The van der Waals surface area contributed by atoms with Gasteiger partial charge in [0.2, 0.25) is 5.76 Å². The van der Waals surface area contributed by atoms with Crippen LogP contribution in [0.15, 0.2) is 45.6 Å². The van der Waals surface area contributed by atoms with Crippen LogP contribution < -0.4 is 10.2 Å². The van der Waals surface area contributed by atoms with Crippen molar-refractivity contribution in [3.63, 3.8) is 0 Å². The summed E-state index contributed by atoms with van der Waals surface area (Å²) in [5.41, 5.74) is 0.954. The van der Waals surface area contributed by atoms with Gasteiger partial charge in [-0.3, -0.25) is 9.59 Å². The van der Waals surface area contributed by atoms with E-state index in [0.29, 0.717) is 34.6 Å². The second kappa shape index (κ2) is 8.84. The number of rotatable bonds is 7. The normalized spacial score (nSPS) is 15.6. The van der Waals surface area contributed by atoms with Gasteiger partial charge >= 0.3 is 0 Å². The van der Waals surface area contributed by atoms with Crippen LogP contribution in [0.25, 0.3) is 11.0 Å². The van der Waals surface area contributed by atoms with Crippen molar-refractivity contribution in [2.24, 2.45) is 0 Å². The Balaban J connectivity index is 1.90. The molecule has 1 atom stereocenters. The van der Waals surface area contributed by atoms with Crippen molar-refractivity contribution in [1.29, 1.82) is 0 Å². The van der Waals surface area contributed by atoms with E-state index >= 15 is 0 Å². The van der Waals surface area contributed by atoms with Gasteiger partial charge in [-0.1, -0.05) is 31.5 Å². The molecule has 168 valence electrons. The van der Waals surface area contributed by atoms with E-state index in [9.17, 15) is 14.7 Å². The highest BCUT2D eigenvalue weighted by molar-refractivity contribution is 6.31. The maximum atomic E-state index is 13.5. The summed E-state index contributed by atoms with van der Waals surface area (Å²) in [4.78, 5) is 30.8. The molecule has 32 heavy (non-hydrogen) atoms. The van der Waals surface area contributed by atoms with Gasteiger partial charge in [0.1, 0.15) is 5.58 Å². The van der Waals surface area contributed by atoms with Gasteiger partial charge < -0.3 is 24.1 Å². The number of methoxy groups -OCH3 is 1. The molecule has 2 aromatic carbocycles. The molecular formula is C24H25ClN2O5. The highest BCUT2D eigenvalue weighted by Crippen LogP contribution is 2.40. The van der Waals surface area contributed by atoms with Crippen molar-refractivity contribution in [2.45, 2.75) is 19.9 Å². The largest absolute Gasteiger partial charge is 0.504 e. The van der Waals surface area contributed by atoms with E-state index in [1.165, 1.54) is 13.2 Å². The lowest BCUT2D eigenvalue weighted by Gasteiger charge is -2.28. The van der Waals surface area contributed by atoms with Gasteiger partial charge in [-0.05, 0) is 49.0 Å². The number of benzene rings is 2. The smallest absolute Gasteiger partial charge is 0.290 e.